The molecule has 1 aromatic rings. The zero-order chi connectivity index (χ0) is 27.6. The molecule has 3 aliphatic heterocycles. The van der Waals surface area contributed by atoms with Crippen LogP contribution in [0.5, 0.6) is 5.75 Å². The van der Waals surface area contributed by atoms with Crippen LogP contribution in [0.4, 0.5) is 5.69 Å². The number of amides is 2. The Balaban J connectivity index is 1.81. The number of aliphatic hydroxyl groups excluding tert-OH is 1. The van der Waals surface area contributed by atoms with Gasteiger partial charge in [0.05, 0.1) is 37.7 Å². The van der Waals surface area contributed by atoms with Crippen molar-refractivity contribution in [3.63, 3.8) is 0 Å². The van der Waals surface area contributed by atoms with E-state index in [0.29, 0.717) is 30.7 Å². The maximum absolute atomic E-state index is 14.5. The van der Waals surface area contributed by atoms with Crippen LogP contribution in [0.3, 0.4) is 0 Å². The zero-order valence-corrected chi connectivity index (χ0v) is 22.4. The van der Waals surface area contributed by atoms with E-state index in [2.05, 4.69) is 13.2 Å². The summed E-state index contributed by atoms with van der Waals surface area (Å²) in [5.41, 5.74) is -0.578. The van der Waals surface area contributed by atoms with Gasteiger partial charge < -0.3 is 29.1 Å². The van der Waals surface area contributed by atoms with Crippen molar-refractivity contribution in [1.82, 2.24) is 4.90 Å². The van der Waals surface area contributed by atoms with Gasteiger partial charge in [-0.25, -0.2) is 0 Å². The summed E-state index contributed by atoms with van der Waals surface area (Å²) >= 11 is 0. The van der Waals surface area contributed by atoms with E-state index in [1.165, 1.54) is 11.0 Å². The number of likely N-dealkylation sites (tertiary alicyclic amines) is 1. The lowest BCUT2D eigenvalue weighted by molar-refractivity contribution is -0.155. The van der Waals surface area contributed by atoms with Crippen LogP contribution in [0.2, 0.25) is 0 Å². The first-order valence-electron chi connectivity index (χ1n) is 13.2. The van der Waals surface area contributed by atoms with Crippen molar-refractivity contribution in [2.75, 3.05) is 31.8 Å². The maximum Gasteiger partial charge on any atom is 0.312 e. The van der Waals surface area contributed by atoms with E-state index < -0.39 is 41.6 Å². The number of ether oxygens (including phenoxy) is 3. The van der Waals surface area contributed by atoms with Gasteiger partial charge in [-0.1, -0.05) is 39.0 Å². The molecule has 38 heavy (non-hydrogen) atoms. The van der Waals surface area contributed by atoms with E-state index in [4.69, 9.17) is 14.2 Å². The summed E-state index contributed by atoms with van der Waals surface area (Å²) in [6, 6.07) is 5.44. The number of rotatable bonds is 12. The third kappa shape index (κ3) is 4.41. The number of nitrogens with zero attached hydrogens (tertiary/aromatic N) is 2. The van der Waals surface area contributed by atoms with Crippen molar-refractivity contribution in [3.05, 3.63) is 49.6 Å². The SMILES string of the molecule is C=CCOC(=O)[C@@H]1[C@@H]2CCC3(O2)C(C(=O)N(CC=C)c2ccc(OC)cc2)N([C@@H](CO)[C@@H](C)CC)C(=O)[C@H]13. The minimum absolute atomic E-state index is 0.0265. The van der Waals surface area contributed by atoms with E-state index in [-0.39, 0.29) is 37.5 Å². The van der Waals surface area contributed by atoms with Gasteiger partial charge in [0.25, 0.3) is 5.91 Å². The smallest absolute Gasteiger partial charge is 0.312 e. The molecular formula is C29H38N2O7. The molecule has 0 aliphatic carbocycles. The Morgan fingerprint density at radius 3 is 2.58 bits per heavy atom. The molecule has 3 aliphatic rings. The highest BCUT2D eigenvalue weighted by Gasteiger charge is 2.75. The van der Waals surface area contributed by atoms with Crippen molar-refractivity contribution in [2.45, 2.75) is 56.9 Å². The molecule has 1 aromatic carbocycles. The van der Waals surface area contributed by atoms with Gasteiger partial charge >= 0.3 is 5.97 Å². The van der Waals surface area contributed by atoms with E-state index in [0.717, 1.165) is 0 Å². The van der Waals surface area contributed by atoms with Gasteiger partial charge in [0.15, 0.2) is 0 Å². The molecule has 3 saturated heterocycles. The number of methoxy groups -OCH3 is 1. The summed E-state index contributed by atoms with van der Waals surface area (Å²) in [5, 5.41) is 10.5. The van der Waals surface area contributed by atoms with Crippen LogP contribution < -0.4 is 9.64 Å². The van der Waals surface area contributed by atoms with Crippen molar-refractivity contribution in [2.24, 2.45) is 17.8 Å². The van der Waals surface area contributed by atoms with Gasteiger partial charge in [0, 0.05) is 12.2 Å². The molecule has 0 aromatic heterocycles. The summed E-state index contributed by atoms with van der Waals surface area (Å²) in [6.45, 7) is 11.3. The molecule has 9 nitrogen and oxygen atoms in total. The fourth-order valence-electron chi connectivity index (χ4n) is 6.41. The van der Waals surface area contributed by atoms with Crippen LogP contribution >= 0.6 is 0 Å². The lowest BCUT2D eigenvalue weighted by atomic mass is 9.70. The van der Waals surface area contributed by atoms with Crippen LogP contribution in [0.25, 0.3) is 0 Å². The van der Waals surface area contributed by atoms with E-state index in [9.17, 15) is 19.5 Å². The first-order valence-corrected chi connectivity index (χ1v) is 13.2. The second kappa shape index (κ2) is 11.3. The van der Waals surface area contributed by atoms with Crippen molar-refractivity contribution >= 4 is 23.5 Å². The van der Waals surface area contributed by atoms with Gasteiger partial charge in [0.2, 0.25) is 5.91 Å². The lowest BCUT2D eigenvalue weighted by Crippen LogP contribution is -2.60. The third-order valence-corrected chi connectivity index (χ3v) is 8.39. The van der Waals surface area contributed by atoms with Crippen molar-refractivity contribution < 1.29 is 33.7 Å². The number of hydrogen-bond donors (Lipinski definition) is 1. The Bertz CT molecular complexity index is 1070. The maximum atomic E-state index is 14.5. The molecule has 1 spiro atoms. The Labute approximate surface area is 224 Å². The number of hydrogen-bond acceptors (Lipinski definition) is 7. The monoisotopic (exact) mass is 526 g/mol. The predicted molar refractivity (Wildman–Crippen MR) is 141 cm³/mol. The van der Waals surface area contributed by atoms with E-state index in [1.807, 2.05) is 13.8 Å². The molecule has 2 amide bonds. The minimum Gasteiger partial charge on any atom is -0.497 e. The summed E-state index contributed by atoms with van der Waals surface area (Å²) in [7, 11) is 1.57. The third-order valence-electron chi connectivity index (χ3n) is 8.39. The van der Waals surface area contributed by atoms with Crippen LogP contribution in [0, 0.1) is 17.8 Å². The molecular weight excluding hydrogens is 488 g/mol. The molecule has 2 bridgehead atoms. The van der Waals surface area contributed by atoms with Crippen LogP contribution in [0.15, 0.2) is 49.6 Å². The number of carbonyl (C=O) groups excluding carboxylic acids is 3. The standard InChI is InChI=1S/C29H38N2O7/c1-6-15-30(19-9-11-20(36-5)12-10-19)27(34)25-29-14-13-22(38-29)23(28(35)37-16-7-2)24(29)26(33)31(25)21(17-32)18(4)8-3/h6-7,9-12,18,21-25,32H,1-2,8,13-17H2,3-5H3/t18-,21-,22-,23+,24-,25?,29?/m0/s1. The van der Waals surface area contributed by atoms with E-state index >= 15 is 0 Å². The molecule has 206 valence electrons. The number of fused-ring (bicyclic) bond motifs is 1. The summed E-state index contributed by atoms with van der Waals surface area (Å²) in [6.07, 6.45) is 4.27. The molecule has 3 heterocycles. The molecule has 0 saturated carbocycles. The quantitative estimate of drug-likeness (QED) is 0.330. The summed E-state index contributed by atoms with van der Waals surface area (Å²) < 4.78 is 17.1. The Kier molecular flexibility index (Phi) is 8.28. The highest BCUT2D eigenvalue weighted by atomic mass is 16.6. The van der Waals surface area contributed by atoms with Gasteiger partial charge in [-0.3, -0.25) is 14.4 Å². The Morgan fingerprint density at radius 2 is 2.00 bits per heavy atom. The minimum atomic E-state index is -1.19. The topological polar surface area (TPSA) is 106 Å². The predicted octanol–water partition coefficient (Wildman–Crippen LogP) is 2.73. The van der Waals surface area contributed by atoms with Gasteiger partial charge in [-0.05, 0) is 43.0 Å². The second-order valence-corrected chi connectivity index (χ2v) is 10.3. The number of carbonyl (C=O) groups is 3. The fourth-order valence-corrected chi connectivity index (χ4v) is 6.41. The summed E-state index contributed by atoms with van der Waals surface area (Å²) in [5.74, 6) is -2.34. The number of anilines is 1. The molecule has 7 atom stereocenters. The lowest BCUT2D eigenvalue weighted by Gasteiger charge is -2.40. The molecule has 2 unspecified atom stereocenters. The van der Waals surface area contributed by atoms with Gasteiger partial charge in [-0.2, -0.15) is 0 Å². The van der Waals surface area contributed by atoms with E-state index in [1.54, 1.807) is 42.4 Å². The average molecular weight is 527 g/mol. The Morgan fingerprint density at radius 1 is 1.29 bits per heavy atom. The van der Waals surface area contributed by atoms with Gasteiger partial charge in [0.1, 0.15) is 24.0 Å². The zero-order valence-electron chi connectivity index (χ0n) is 22.4. The first kappa shape index (κ1) is 27.9. The van der Waals surface area contributed by atoms with Gasteiger partial charge in [-0.15, -0.1) is 6.58 Å². The summed E-state index contributed by atoms with van der Waals surface area (Å²) in [4.78, 5) is 44.9. The van der Waals surface area contributed by atoms with Crippen molar-refractivity contribution in [1.29, 1.82) is 0 Å². The second-order valence-electron chi connectivity index (χ2n) is 10.3. The Hall–Kier alpha value is -3.17. The highest BCUT2D eigenvalue weighted by Crippen LogP contribution is 2.59. The number of aliphatic hydroxyl groups is 1. The normalized spacial score (nSPS) is 28.9. The van der Waals surface area contributed by atoms with Crippen molar-refractivity contribution in [3.8, 4) is 5.75 Å². The first-order chi connectivity index (χ1) is 18.3. The number of benzene rings is 1. The molecule has 9 heteroatoms. The molecule has 4 rings (SSSR count). The largest absolute Gasteiger partial charge is 0.497 e. The van der Waals surface area contributed by atoms with Crippen LogP contribution in [-0.4, -0.2) is 78.4 Å². The average Bonchev–Trinajstić information content (AvgIpc) is 3.58. The molecule has 1 N–H and O–H groups in total. The number of esters is 1. The fraction of sp³-hybridized carbons (Fsp3) is 0.552. The molecule has 0 radical (unpaired) electrons. The highest BCUT2D eigenvalue weighted by molar-refractivity contribution is 6.04. The molecule has 3 fully saturated rings. The van der Waals surface area contributed by atoms with Crippen LogP contribution in [-0.2, 0) is 23.9 Å². The van der Waals surface area contributed by atoms with Crippen LogP contribution in [0.1, 0.15) is 33.1 Å².